The number of Topliss-reactive ketones (excluding diaryl/α,β-unsaturated/α-hetero) is 1. The third-order valence-electron chi connectivity index (χ3n) is 23.0. The van der Waals surface area contributed by atoms with E-state index in [4.69, 9.17) is 71.2 Å². The highest BCUT2D eigenvalue weighted by atomic mass is 16.8. The molecule has 0 aliphatic carbocycles. The van der Waals surface area contributed by atoms with Gasteiger partial charge in [0.25, 0.3) is 11.8 Å². The summed E-state index contributed by atoms with van der Waals surface area (Å²) in [7, 11) is 0. The number of hydrogen-bond donors (Lipinski definition) is 26. The predicted octanol–water partition coefficient (Wildman–Crippen LogP) is -14.6. The van der Waals surface area contributed by atoms with Crippen molar-refractivity contribution in [3.8, 4) is 0 Å². The number of rotatable bonds is 53. The summed E-state index contributed by atoms with van der Waals surface area (Å²) < 4.78 is 79.6. The smallest absolute Gasteiger partial charge is 0.333 e. The maximum atomic E-state index is 13.6. The molecule has 5 amide bonds. The first-order valence-corrected chi connectivity index (χ1v) is 43.2. The van der Waals surface area contributed by atoms with E-state index < -0.39 is 310 Å². The standard InChI is InChI=1S/C77H132N6O45/c1-36-50(95)57(102)62(107)71(119-36)115-25-22-81(23-26-116-75-68(113)70(127-77-66(111)61(106)54(99)41(33-87)123-77)56(101)43(125-75)35-118-73-64(109)59(104)52(97)39(31-85)121-73)21-11-3-2-8-18-78-44(89)27-82(29-46(91)80-20-10-5-7-15-49(94)128-83-47(92)16-17-48(83)93)28-45(90)79-19-9-4-6-13-37(88)14-12-24-114-74-67(112)69(126-76-65(110)60(105)53(98)40(32-86)122-76)55(100)42(124-74)34-117-72-63(108)58(103)51(96)38(30-84)120-72/h36,38-43,50-77,84-87,95-113H,2-35H2,1H3,(H,78,89)(H,79,90)(H,80,91)/t36-,38+,39+,40+,41+,42+,43+,50+,51+,52+,53+,54+,55+,56+,57+,58-,59-,60-,61-,62-,63-,64-,65-,66-,67-,68-,69-,70-,71-,72-,73-,74-,75-,76+,77+/m0/s1. The number of unbranched alkanes of at least 4 members (excludes halogenated alkanes) is 7. The number of aliphatic hydroxyl groups is 23. The lowest BCUT2D eigenvalue weighted by Gasteiger charge is -2.46. The van der Waals surface area contributed by atoms with E-state index in [1.54, 1.807) is 0 Å². The van der Waals surface area contributed by atoms with Crippen molar-refractivity contribution >= 4 is 41.3 Å². The van der Waals surface area contributed by atoms with Crippen molar-refractivity contribution in [2.24, 2.45) is 0 Å². The Morgan fingerprint density at radius 3 is 1.07 bits per heavy atom. The average Bonchev–Trinajstić information content (AvgIpc) is 0.911. The highest BCUT2D eigenvalue weighted by Gasteiger charge is 2.56. The Labute approximate surface area is 734 Å². The molecule has 8 heterocycles. The first kappa shape index (κ1) is 108. The molecule has 0 radical (unpaired) electrons. The van der Waals surface area contributed by atoms with Crippen molar-refractivity contribution in [1.82, 2.24) is 30.8 Å². The number of carbonyl (C=O) groups excluding carboxylic acids is 7. The van der Waals surface area contributed by atoms with Crippen LogP contribution in [0.25, 0.3) is 0 Å². The number of imide groups is 1. The summed E-state index contributed by atoms with van der Waals surface area (Å²) in [4.78, 5) is 97.6. The first-order chi connectivity index (χ1) is 61.0. The molecule has 0 aromatic heterocycles. The summed E-state index contributed by atoms with van der Waals surface area (Å²) in [6.07, 6.45) is -55.8. The second-order valence-corrected chi connectivity index (χ2v) is 32.8. The lowest BCUT2D eigenvalue weighted by molar-refractivity contribution is -0.366. The van der Waals surface area contributed by atoms with Gasteiger partial charge in [-0.1, -0.05) is 25.7 Å². The Morgan fingerprint density at radius 2 is 0.664 bits per heavy atom. The fourth-order valence-corrected chi connectivity index (χ4v) is 15.3. The van der Waals surface area contributed by atoms with Crippen LogP contribution in [0, 0.1) is 0 Å². The third kappa shape index (κ3) is 31.1. The van der Waals surface area contributed by atoms with Gasteiger partial charge < -0.3 is 205 Å². The van der Waals surface area contributed by atoms with Gasteiger partial charge in [-0.2, -0.15) is 0 Å². The van der Waals surface area contributed by atoms with Crippen LogP contribution < -0.4 is 16.0 Å². The van der Waals surface area contributed by atoms with Crippen molar-refractivity contribution in [3.63, 3.8) is 0 Å². The van der Waals surface area contributed by atoms with E-state index in [0.717, 1.165) is 0 Å². The Morgan fingerprint density at radius 1 is 0.336 bits per heavy atom. The molecule has 8 aliphatic heterocycles. The van der Waals surface area contributed by atoms with Gasteiger partial charge in [-0.05, 0) is 58.4 Å². The van der Waals surface area contributed by atoms with E-state index in [2.05, 4.69) is 16.0 Å². The van der Waals surface area contributed by atoms with Gasteiger partial charge in [0.05, 0.1) is 85.2 Å². The number of ether oxygens (including phenoxy) is 14. The number of amides is 5. The van der Waals surface area contributed by atoms with Crippen molar-refractivity contribution in [1.29, 1.82) is 0 Å². The number of hydrogen-bond acceptors (Lipinski definition) is 47. The SMILES string of the molecule is C[C@@H]1O[C@H](OCCN(CCCCCCNC(=O)CN(CC(=O)NCCCCCC(=O)CCCO[C@H]2O[C@H](CO[C@H]3O[C@H](CO)[C@@H](O)[C@H](O)[C@@H]3O)[C@@H](O)[C@H](O[C@H]3O[C@H](CO)[C@@H](O)[C@H](O)[C@@H]3O)[C@@H]2O)CC(=O)NCCCCCC(=O)ON2C(=O)CCC2=O)CCO[C@H]2O[C@H](CO[C@H]3O[C@H](CO)[C@@H](O)[C@H](O)[C@@H]3O)[C@@H](O)[C@H](O[C@H]3O[C@H](CO)[C@@H](O)[C@H](O)[C@@H]3O)[C@@H]2O)[C@@H](O)[C@H](O)[C@@H]1O. The van der Waals surface area contributed by atoms with Crippen molar-refractivity contribution in [2.75, 3.05) is 118 Å². The average molecular weight is 1860 g/mol. The van der Waals surface area contributed by atoms with Crippen LogP contribution in [0.4, 0.5) is 0 Å². The van der Waals surface area contributed by atoms with Gasteiger partial charge in [0, 0.05) is 64.8 Å². The molecule has 740 valence electrons. The Bertz CT molecular complexity index is 3300. The molecule has 0 aromatic rings. The van der Waals surface area contributed by atoms with Crippen molar-refractivity contribution < 1.29 is 222 Å². The fourth-order valence-electron chi connectivity index (χ4n) is 15.3. The number of nitrogens with zero attached hydrogens (tertiary/aromatic N) is 3. The summed E-state index contributed by atoms with van der Waals surface area (Å²) in [5, 5.41) is 251. The molecule has 8 saturated heterocycles. The molecule has 51 heteroatoms. The molecule has 0 aromatic carbocycles. The largest absolute Gasteiger partial charge is 0.394 e. The summed E-state index contributed by atoms with van der Waals surface area (Å²) >= 11 is 0. The number of ketones is 1. The van der Waals surface area contributed by atoms with Crippen LogP contribution in [0.5, 0.6) is 0 Å². The van der Waals surface area contributed by atoms with E-state index in [0.29, 0.717) is 75.8 Å². The van der Waals surface area contributed by atoms with E-state index in [1.807, 2.05) is 4.90 Å². The summed E-state index contributed by atoms with van der Waals surface area (Å²) in [5.41, 5.74) is 0. The molecular weight excluding hydrogens is 1730 g/mol. The summed E-state index contributed by atoms with van der Waals surface area (Å²) in [6, 6.07) is 0. The van der Waals surface area contributed by atoms with Gasteiger partial charge in [0.1, 0.15) is 171 Å². The lowest BCUT2D eigenvalue weighted by Crippen LogP contribution is -2.65. The molecule has 0 spiro atoms. The minimum Gasteiger partial charge on any atom is -0.394 e. The van der Waals surface area contributed by atoms with Gasteiger partial charge in [0.15, 0.2) is 44.0 Å². The van der Waals surface area contributed by atoms with Crippen LogP contribution in [0.15, 0.2) is 0 Å². The van der Waals surface area contributed by atoms with Gasteiger partial charge in [-0.15, -0.1) is 5.06 Å². The van der Waals surface area contributed by atoms with Crippen LogP contribution in [0.1, 0.15) is 110 Å². The Kier molecular flexibility index (Phi) is 45.8. The molecular formula is C77H132N6O45. The first-order valence-electron chi connectivity index (χ1n) is 43.2. The molecule has 0 bridgehead atoms. The minimum atomic E-state index is -2.01. The normalized spacial score (nSPS) is 37.8. The highest BCUT2D eigenvalue weighted by Crippen LogP contribution is 2.35. The number of carbonyl (C=O) groups is 7. The zero-order chi connectivity index (χ0) is 93.8. The topological polar surface area (TPSA) is 769 Å². The van der Waals surface area contributed by atoms with Crippen LogP contribution in [0.2, 0.25) is 0 Å². The Hall–Kier alpha value is -4.87. The molecule has 0 saturated carbocycles. The number of hydroxylamine groups is 2. The molecule has 128 heavy (non-hydrogen) atoms. The van der Waals surface area contributed by atoms with Crippen LogP contribution in [-0.4, -0.2) is 507 Å². The maximum Gasteiger partial charge on any atom is 0.333 e. The molecule has 8 aliphatic rings. The quantitative estimate of drug-likeness (QED) is 0.0199. The monoisotopic (exact) mass is 1860 g/mol. The third-order valence-corrected chi connectivity index (χ3v) is 23.0. The fraction of sp³-hybridized carbons (Fsp3) is 0.909. The maximum absolute atomic E-state index is 13.6. The van der Waals surface area contributed by atoms with Gasteiger partial charge in [0.2, 0.25) is 17.7 Å². The Balaban J connectivity index is 0.804. The molecule has 8 rings (SSSR count). The zero-order valence-electron chi connectivity index (χ0n) is 70.9. The highest BCUT2D eigenvalue weighted by molar-refractivity contribution is 6.01. The van der Waals surface area contributed by atoms with Crippen molar-refractivity contribution in [2.45, 2.75) is 325 Å². The van der Waals surface area contributed by atoms with Gasteiger partial charge in [-0.25, -0.2) is 4.79 Å². The molecule has 8 fully saturated rings. The lowest BCUT2D eigenvalue weighted by atomic mass is 9.96. The van der Waals surface area contributed by atoms with E-state index >= 15 is 0 Å². The molecule has 0 unspecified atom stereocenters. The van der Waals surface area contributed by atoms with E-state index in [-0.39, 0.29) is 96.9 Å². The minimum absolute atomic E-state index is 0.0295. The second kappa shape index (κ2) is 54.0. The summed E-state index contributed by atoms with van der Waals surface area (Å²) in [6.45, 7) is -4.27. The second-order valence-electron chi connectivity index (χ2n) is 32.8. The molecule has 35 atom stereocenters. The van der Waals surface area contributed by atoms with Crippen LogP contribution in [0.3, 0.4) is 0 Å². The number of aliphatic hydroxyl groups excluding tert-OH is 23. The van der Waals surface area contributed by atoms with Crippen LogP contribution >= 0.6 is 0 Å². The van der Waals surface area contributed by atoms with E-state index in [1.165, 1.54) is 11.8 Å². The number of nitrogens with one attached hydrogen (secondary N) is 3. The molecule has 51 nitrogen and oxygen atoms in total. The van der Waals surface area contributed by atoms with Gasteiger partial charge in [-0.3, -0.25) is 38.6 Å². The summed E-state index contributed by atoms with van der Waals surface area (Å²) in [5.74, 6) is -3.87. The van der Waals surface area contributed by atoms with Crippen molar-refractivity contribution in [3.05, 3.63) is 0 Å². The van der Waals surface area contributed by atoms with Crippen LogP contribution in [-0.2, 0) is 105 Å². The van der Waals surface area contributed by atoms with Gasteiger partial charge >= 0.3 is 5.97 Å². The predicted molar refractivity (Wildman–Crippen MR) is 417 cm³/mol. The van der Waals surface area contributed by atoms with E-state index in [9.17, 15) is 151 Å². The molecule has 26 N–H and O–H groups in total. The zero-order valence-corrected chi connectivity index (χ0v) is 70.9.